The van der Waals surface area contributed by atoms with Crippen LogP contribution in [0.1, 0.15) is 39.5 Å². The summed E-state index contributed by atoms with van der Waals surface area (Å²) in [6, 6.07) is 8.91. The summed E-state index contributed by atoms with van der Waals surface area (Å²) in [6.07, 6.45) is -1.25. The molecule has 0 aliphatic carbocycles. The maximum absolute atomic E-state index is 13.1. The van der Waals surface area contributed by atoms with E-state index in [0.29, 0.717) is 33.7 Å². The van der Waals surface area contributed by atoms with Crippen molar-refractivity contribution in [3.05, 3.63) is 51.5 Å². The SMILES string of the molecule is CC(C)(Oc1ccc(Cl)cc1Cl)C(=O)NC1C[C@H]2CC[C@@H](C1)N2c1ccc(NC(=O)NCC(F)(F)F)cc1Cl. The lowest BCUT2D eigenvalue weighted by Crippen LogP contribution is -2.55. The average Bonchev–Trinajstić information content (AvgIpc) is 3.08. The van der Waals surface area contributed by atoms with Gasteiger partial charge in [0.15, 0.2) is 5.60 Å². The van der Waals surface area contributed by atoms with Gasteiger partial charge >= 0.3 is 12.2 Å². The van der Waals surface area contributed by atoms with Crippen molar-refractivity contribution in [2.24, 2.45) is 0 Å². The molecule has 0 radical (unpaired) electrons. The molecule has 1 unspecified atom stereocenters. The Bertz CT molecular complexity index is 1230. The number of rotatable bonds is 7. The van der Waals surface area contributed by atoms with Crippen LogP contribution in [0.2, 0.25) is 15.1 Å². The summed E-state index contributed by atoms with van der Waals surface area (Å²) in [5, 5.41) is 8.40. The lowest BCUT2D eigenvalue weighted by molar-refractivity contribution is -0.135. The second-order valence-electron chi connectivity index (χ2n) is 10.2. The summed E-state index contributed by atoms with van der Waals surface area (Å²) < 4.78 is 42.9. The molecule has 13 heteroatoms. The minimum absolute atomic E-state index is 0.0631. The molecule has 0 saturated carbocycles. The molecule has 7 nitrogen and oxygen atoms in total. The van der Waals surface area contributed by atoms with Crippen LogP contribution < -0.4 is 25.6 Å². The van der Waals surface area contributed by atoms with E-state index in [1.165, 1.54) is 6.07 Å². The fourth-order valence-corrected chi connectivity index (χ4v) is 5.80. The number of anilines is 2. The number of carbonyl (C=O) groups is 2. The molecule has 39 heavy (non-hydrogen) atoms. The predicted octanol–water partition coefficient (Wildman–Crippen LogP) is 6.80. The van der Waals surface area contributed by atoms with Gasteiger partial charge in [0.25, 0.3) is 5.91 Å². The van der Waals surface area contributed by atoms with Gasteiger partial charge in [-0.3, -0.25) is 4.79 Å². The van der Waals surface area contributed by atoms with Crippen LogP contribution in [-0.2, 0) is 4.79 Å². The summed E-state index contributed by atoms with van der Waals surface area (Å²) in [5.74, 6) is 0.102. The number of carbonyl (C=O) groups excluding carboxylic acids is 2. The Kier molecular flexibility index (Phi) is 8.68. The third-order valence-corrected chi connectivity index (χ3v) is 7.64. The summed E-state index contributed by atoms with van der Waals surface area (Å²) in [4.78, 5) is 27.1. The van der Waals surface area contributed by atoms with Gasteiger partial charge in [-0.1, -0.05) is 34.8 Å². The molecule has 2 aromatic rings. The zero-order valence-electron chi connectivity index (χ0n) is 21.2. The number of urea groups is 1. The number of ether oxygens (including phenoxy) is 1. The molecule has 2 saturated heterocycles. The van der Waals surface area contributed by atoms with Gasteiger partial charge < -0.3 is 25.6 Å². The molecule has 3 atom stereocenters. The van der Waals surface area contributed by atoms with Gasteiger partial charge in [0.05, 0.1) is 15.7 Å². The van der Waals surface area contributed by atoms with Crippen molar-refractivity contribution in [2.45, 2.75) is 69.4 Å². The maximum atomic E-state index is 13.1. The number of amides is 3. The average molecular weight is 608 g/mol. The standard InChI is InChI=1S/C26H28Cl3F3N4O3/c1-25(2,39-22-8-3-14(27)9-20(22)29)23(37)34-16-10-17-5-6-18(11-16)36(17)21-7-4-15(12-19(21)28)35-24(38)33-13-26(30,31)32/h3-4,7-9,12,16-18H,5-6,10-11,13H2,1-2H3,(H,34,37)(H2,33,35,38)/t16?,17-,18+. The summed E-state index contributed by atoms with van der Waals surface area (Å²) in [5.41, 5.74) is -0.121. The van der Waals surface area contributed by atoms with Gasteiger partial charge in [-0.05, 0) is 75.9 Å². The first-order chi connectivity index (χ1) is 18.2. The molecular weight excluding hydrogens is 580 g/mol. The molecule has 3 amide bonds. The molecule has 0 spiro atoms. The van der Waals surface area contributed by atoms with Crippen molar-refractivity contribution in [1.82, 2.24) is 10.6 Å². The Morgan fingerprint density at radius 2 is 1.67 bits per heavy atom. The van der Waals surface area contributed by atoms with Gasteiger partial charge in [-0.15, -0.1) is 0 Å². The highest BCUT2D eigenvalue weighted by Gasteiger charge is 2.43. The van der Waals surface area contributed by atoms with Crippen molar-refractivity contribution >= 4 is 58.1 Å². The number of hydrogen-bond donors (Lipinski definition) is 3. The van der Waals surface area contributed by atoms with E-state index in [9.17, 15) is 22.8 Å². The lowest BCUT2D eigenvalue weighted by atomic mass is 9.95. The molecule has 3 N–H and O–H groups in total. The van der Waals surface area contributed by atoms with Crippen molar-refractivity contribution in [1.29, 1.82) is 0 Å². The van der Waals surface area contributed by atoms with Crippen LogP contribution in [0, 0.1) is 0 Å². The Labute approximate surface area is 239 Å². The van der Waals surface area contributed by atoms with Gasteiger partial charge in [0, 0.05) is 28.8 Å². The van der Waals surface area contributed by atoms with Crippen LogP contribution in [0.25, 0.3) is 0 Å². The fourth-order valence-electron chi connectivity index (χ4n) is 5.08. The van der Waals surface area contributed by atoms with Crippen LogP contribution in [-0.4, -0.2) is 48.4 Å². The summed E-state index contributed by atoms with van der Waals surface area (Å²) in [7, 11) is 0. The first-order valence-electron chi connectivity index (χ1n) is 12.4. The smallest absolute Gasteiger partial charge is 0.405 e. The molecule has 2 aromatic carbocycles. The van der Waals surface area contributed by atoms with Crippen molar-refractivity contribution in [3.63, 3.8) is 0 Å². The van der Waals surface area contributed by atoms with E-state index >= 15 is 0 Å². The molecule has 212 valence electrons. The first kappa shape index (κ1) is 29.4. The monoisotopic (exact) mass is 606 g/mol. The molecule has 0 aromatic heterocycles. The Hall–Kier alpha value is -2.56. The van der Waals surface area contributed by atoms with Crippen molar-refractivity contribution in [3.8, 4) is 5.75 Å². The predicted molar refractivity (Wildman–Crippen MR) is 146 cm³/mol. The van der Waals surface area contributed by atoms with E-state index in [4.69, 9.17) is 39.5 Å². The minimum atomic E-state index is -4.50. The second-order valence-corrected chi connectivity index (χ2v) is 11.5. The zero-order valence-corrected chi connectivity index (χ0v) is 23.4. The van der Waals surface area contributed by atoms with Crippen LogP contribution in [0.4, 0.5) is 29.3 Å². The molecule has 2 heterocycles. The first-order valence-corrected chi connectivity index (χ1v) is 13.5. The fraction of sp³-hybridized carbons (Fsp3) is 0.462. The third kappa shape index (κ3) is 7.35. The minimum Gasteiger partial charge on any atom is -0.476 e. The maximum Gasteiger partial charge on any atom is 0.405 e. The number of nitrogens with zero attached hydrogens (tertiary/aromatic N) is 1. The summed E-state index contributed by atoms with van der Waals surface area (Å²) >= 11 is 18.7. The molecule has 2 fully saturated rings. The molecule has 2 aliphatic heterocycles. The van der Waals surface area contributed by atoms with E-state index in [2.05, 4.69) is 15.5 Å². The van der Waals surface area contributed by atoms with Crippen LogP contribution >= 0.6 is 34.8 Å². The van der Waals surface area contributed by atoms with Gasteiger partial charge in [0.1, 0.15) is 12.3 Å². The number of piperidine rings is 1. The molecule has 2 aliphatic rings. The number of benzene rings is 2. The third-order valence-electron chi connectivity index (χ3n) is 6.81. The van der Waals surface area contributed by atoms with E-state index < -0.39 is 24.4 Å². The van der Waals surface area contributed by atoms with E-state index in [1.54, 1.807) is 49.5 Å². The Morgan fingerprint density at radius 3 is 2.26 bits per heavy atom. The number of alkyl halides is 3. The normalized spacial score (nSPS) is 20.9. The Balaban J connectivity index is 1.36. The quantitative estimate of drug-likeness (QED) is 0.323. The molecular formula is C26H28Cl3F3N4O3. The topological polar surface area (TPSA) is 82.7 Å². The number of nitrogens with one attached hydrogen (secondary N) is 3. The highest BCUT2D eigenvalue weighted by molar-refractivity contribution is 6.35. The Morgan fingerprint density at radius 1 is 1.00 bits per heavy atom. The van der Waals surface area contributed by atoms with Crippen LogP contribution in [0.3, 0.4) is 0 Å². The molecule has 2 bridgehead atoms. The van der Waals surface area contributed by atoms with Crippen molar-refractivity contribution in [2.75, 3.05) is 16.8 Å². The number of hydrogen-bond acceptors (Lipinski definition) is 4. The van der Waals surface area contributed by atoms with Crippen LogP contribution in [0.15, 0.2) is 36.4 Å². The van der Waals surface area contributed by atoms with Gasteiger partial charge in [-0.25, -0.2) is 4.79 Å². The molecule has 4 rings (SSSR count). The van der Waals surface area contributed by atoms with Crippen molar-refractivity contribution < 1.29 is 27.5 Å². The highest BCUT2D eigenvalue weighted by Crippen LogP contribution is 2.43. The zero-order chi connectivity index (χ0) is 28.5. The number of fused-ring (bicyclic) bond motifs is 2. The van der Waals surface area contributed by atoms with E-state index in [0.717, 1.165) is 18.5 Å². The van der Waals surface area contributed by atoms with Gasteiger partial charge in [0.2, 0.25) is 0 Å². The lowest BCUT2D eigenvalue weighted by Gasteiger charge is -2.42. The van der Waals surface area contributed by atoms with Gasteiger partial charge in [-0.2, -0.15) is 13.2 Å². The van der Waals surface area contributed by atoms with E-state index in [-0.39, 0.29) is 29.7 Å². The highest BCUT2D eigenvalue weighted by atomic mass is 35.5. The second kappa shape index (κ2) is 11.5. The number of halogens is 6. The van der Waals surface area contributed by atoms with Crippen LogP contribution in [0.5, 0.6) is 5.75 Å². The largest absolute Gasteiger partial charge is 0.476 e. The summed E-state index contributed by atoms with van der Waals surface area (Å²) in [6.45, 7) is 1.92. The van der Waals surface area contributed by atoms with E-state index in [1.807, 2.05) is 0 Å².